The number of carbonyl (C=O) groups is 1. The number of halogens is 1. The van der Waals surface area contributed by atoms with Crippen molar-refractivity contribution in [3.05, 3.63) is 27.8 Å². The molecule has 0 aromatic heterocycles. The molecule has 1 atom stereocenters. The monoisotopic (exact) mass is 348 g/mol. The fraction of sp³-hybridized carbons (Fsp3) is 0.417. The molecule has 0 saturated carbocycles. The molecule has 0 heterocycles. The summed E-state index contributed by atoms with van der Waals surface area (Å²) < 4.78 is 6.49. The number of amides is 1. The first-order chi connectivity index (χ1) is 8.11. The summed E-state index contributed by atoms with van der Waals surface area (Å²) >= 11 is 2.22. The largest absolute Gasteiger partial charge is 0.484 e. The van der Waals surface area contributed by atoms with E-state index in [1.807, 2.05) is 38.2 Å². The third kappa shape index (κ3) is 5.88. The Morgan fingerprint density at radius 1 is 1.41 bits per heavy atom. The van der Waals surface area contributed by atoms with Crippen molar-refractivity contribution in [3.63, 3.8) is 0 Å². The Balaban J connectivity index is 2.26. The summed E-state index contributed by atoms with van der Waals surface area (Å²) in [5.41, 5.74) is 0. The van der Waals surface area contributed by atoms with Gasteiger partial charge in [-0.1, -0.05) is 0 Å². The van der Waals surface area contributed by atoms with Crippen LogP contribution in [0.3, 0.4) is 0 Å². The lowest BCUT2D eigenvalue weighted by Gasteiger charge is -2.11. The van der Waals surface area contributed by atoms with Gasteiger partial charge in [-0.05, 0) is 60.8 Å². The highest BCUT2D eigenvalue weighted by Gasteiger charge is 2.04. The van der Waals surface area contributed by atoms with Gasteiger partial charge in [0.2, 0.25) is 0 Å². The van der Waals surface area contributed by atoms with Crippen molar-refractivity contribution in [2.24, 2.45) is 0 Å². The van der Waals surface area contributed by atoms with Crippen LogP contribution in [-0.2, 0) is 4.79 Å². The van der Waals surface area contributed by atoms with Crippen LogP contribution in [0.1, 0.15) is 6.92 Å². The van der Waals surface area contributed by atoms with Crippen LogP contribution in [0, 0.1) is 3.57 Å². The van der Waals surface area contributed by atoms with E-state index in [2.05, 4.69) is 33.2 Å². The van der Waals surface area contributed by atoms with Gasteiger partial charge < -0.3 is 15.4 Å². The van der Waals surface area contributed by atoms with E-state index in [-0.39, 0.29) is 18.6 Å². The molecule has 4 nitrogen and oxygen atoms in total. The highest BCUT2D eigenvalue weighted by molar-refractivity contribution is 14.1. The molecular formula is C12H17IN2O2. The van der Waals surface area contributed by atoms with Gasteiger partial charge in [-0.15, -0.1) is 0 Å². The van der Waals surface area contributed by atoms with Gasteiger partial charge in [-0.2, -0.15) is 0 Å². The molecule has 1 aromatic rings. The highest BCUT2D eigenvalue weighted by atomic mass is 127. The maximum absolute atomic E-state index is 11.4. The first-order valence-electron chi connectivity index (χ1n) is 5.44. The Morgan fingerprint density at radius 2 is 2.06 bits per heavy atom. The second kappa shape index (κ2) is 7.50. The minimum absolute atomic E-state index is 0.0526. The molecule has 17 heavy (non-hydrogen) atoms. The molecule has 0 aliphatic heterocycles. The Bertz CT molecular complexity index is 354. The van der Waals surface area contributed by atoms with E-state index in [0.717, 1.165) is 3.57 Å². The molecule has 1 rings (SSSR count). The topological polar surface area (TPSA) is 50.4 Å². The van der Waals surface area contributed by atoms with Crippen LogP contribution in [0.5, 0.6) is 5.75 Å². The van der Waals surface area contributed by atoms with Gasteiger partial charge in [-0.25, -0.2) is 0 Å². The molecule has 2 N–H and O–H groups in total. The van der Waals surface area contributed by atoms with Crippen molar-refractivity contribution in [3.8, 4) is 5.75 Å². The molecular weight excluding hydrogens is 331 g/mol. The molecule has 5 heteroatoms. The Morgan fingerprint density at radius 3 is 2.65 bits per heavy atom. The van der Waals surface area contributed by atoms with Crippen LogP contribution in [-0.4, -0.2) is 32.1 Å². The number of hydrogen-bond donors (Lipinski definition) is 2. The van der Waals surface area contributed by atoms with Crippen molar-refractivity contribution in [2.75, 3.05) is 20.2 Å². The number of nitrogens with one attached hydrogen (secondary N) is 2. The predicted molar refractivity (Wildman–Crippen MR) is 76.2 cm³/mol. The molecule has 0 radical (unpaired) electrons. The highest BCUT2D eigenvalue weighted by Crippen LogP contribution is 2.12. The summed E-state index contributed by atoms with van der Waals surface area (Å²) in [5, 5.41) is 5.83. The zero-order valence-electron chi connectivity index (χ0n) is 10.00. The van der Waals surface area contributed by atoms with E-state index < -0.39 is 0 Å². The number of carbonyl (C=O) groups excluding carboxylic acids is 1. The lowest BCUT2D eigenvalue weighted by molar-refractivity contribution is -0.123. The van der Waals surface area contributed by atoms with E-state index in [9.17, 15) is 4.79 Å². The summed E-state index contributed by atoms with van der Waals surface area (Å²) in [5.74, 6) is 0.605. The van der Waals surface area contributed by atoms with Gasteiger partial charge in [0, 0.05) is 16.2 Å². The van der Waals surface area contributed by atoms with Crippen molar-refractivity contribution < 1.29 is 9.53 Å². The first-order valence-corrected chi connectivity index (χ1v) is 6.52. The molecule has 0 saturated heterocycles. The van der Waals surface area contributed by atoms with Gasteiger partial charge in [0.05, 0.1) is 0 Å². The lowest BCUT2D eigenvalue weighted by Crippen LogP contribution is -2.39. The second-order valence-corrected chi connectivity index (χ2v) is 4.98. The number of ether oxygens (including phenoxy) is 1. The first kappa shape index (κ1) is 14.2. The van der Waals surface area contributed by atoms with Crippen molar-refractivity contribution in [1.82, 2.24) is 10.6 Å². The van der Waals surface area contributed by atoms with E-state index in [0.29, 0.717) is 12.3 Å². The molecule has 0 aliphatic rings. The third-order valence-electron chi connectivity index (χ3n) is 2.28. The maximum atomic E-state index is 11.4. The standard InChI is InChI=1S/C12H17IN2O2/c1-9(14-2)7-15-12(16)8-17-11-5-3-10(13)4-6-11/h3-6,9,14H,7-8H2,1-2H3,(H,15,16). The van der Waals surface area contributed by atoms with Crippen LogP contribution in [0.2, 0.25) is 0 Å². The minimum Gasteiger partial charge on any atom is -0.484 e. The molecule has 0 bridgehead atoms. The minimum atomic E-state index is -0.106. The normalized spacial score (nSPS) is 11.9. The van der Waals surface area contributed by atoms with Crippen LogP contribution < -0.4 is 15.4 Å². The fourth-order valence-electron chi connectivity index (χ4n) is 1.10. The summed E-state index contributed by atoms with van der Waals surface area (Å²) in [6.07, 6.45) is 0. The molecule has 0 aliphatic carbocycles. The molecule has 0 spiro atoms. The summed E-state index contributed by atoms with van der Waals surface area (Å²) in [7, 11) is 1.86. The third-order valence-corrected chi connectivity index (χ3v) is 3.00. The van der Waals surface area contributed by atoms with Crippen molar-refractivity contribution in [1.29, 1.82) is 0 Å². The quantitative estimate of drug-likeness (QED) is 0.764. The predicted octanol–water partition coefficient (Wildman–Crippen LogP) is 1.39. The Kier molecular flexibility index (Phi) is 6.28. The van der Waals surface area contributed by atoms with Gasteiger partial charge in [0.1, 0.15) is 5.75 Å². The molecule has 1 unspecified atom stereocenters. The van der Waals surface area contributed by atoms with Gasteiger partial charge in [-0.3, -0.25) is 4.79 Å². The fourth-order valence-corrected chi connectivity index (χ4v) is 1.46. The van der Waals surface area contributed by atoms with E-state index in [1.54, 1.807) is 0 Å². The Labute approximate surface area is 115 Å². The summed E-state index contributed by atoms with van der Waals surface area (Å²) in [6, 6.07) is 7.85. The summed E-state index contributed by atoms with van der Waals surface area (Å²) in [6.45, 7) is 2.66. The maximum Gasteiger partial charge on any atom is 0.257 e. The van der Waals surface area contributed by atoms with Gasteiger partial charge >= 0.3 is 0 Å². The SMILES string of the molecule is CNC(C)CNC(=O)COc1ccc(I)cc1. The van der Waals surface area contributed by atoms with Crippen LogP contribution >= 0.6 is 22.6 Å². The molecule has 1 amide bonds. The number of benzene rings is 1. The molecule has 1 aromatic carbocycles. The van der Waals surface area contributed by atoms with E-state index >= 15 is 0 Å². The van der Waals surface area contributed by atoms with Crippen molar-refractivity contribution in [2.45, 2.75) is 13.0 Å². The zero-order valence-corrected chi connectivity index (χ0v) is 12.2. The number of likely N-dealkylation sites (N-methyl/N-ethyl adjacent to an activating group) is 1. The smallest absolute Gasteiger partial charge is 0.257 e. The average molecular weight is 348 g/mol. The van der Waals surface area contributed by atoms with Crippen LogP contribution in [0.25, 0.3) is 0 Å². The lowest BCUT2D eigenvalue weighted by atomic mass is 10.3. The summed E-state index contributed by atoms with van der Waals surface area (Å²) in [4.78, 5) is 11.4. The molecule has 0 fully saturated rings. The van der Waals surface area contributed by atoms with Gasteiger partial charge in [0.25, 0.3) is 5.91 Å². The van der Waals surface area contributed by atoms with Crippen LogP contribution in [0.4, 0.5) is 0 Å². The van der Waals surface area contributed by atoms with Crippen molar-refractivity contribution >= 4 is 28.5 Å². The second-order valence-electron chi connectivity index (χ2n) is 3.74. The van der Waals surface area contributed by atoms with E-state index in [4.69, 9.17) is 4.74 Å². The number of hydrogen-bond acceptors (Lipinski definition) is 3. The molecule has 94 valence electrons. The Hall–Kier alpha value is -0.820. The van der Waals surface area contributed by atoms with Crippen LogP contribution in [0.15, 0.2) is 24.3 Å². The average Bonchev–Trinajstić information content (AvgIpc) is 2.35. The van der Waals surface area contributed by atoms with E-state index in [1.165, 1.54) is 0 Å². The zero-order chi connectivity index (χ0) is 12.7. The number of rotatable bonds is 6. The van der Waals surface area contributed by atoms with Gasteiger partial charge in [0.15, 0.2) is 6.61 Å².